The molecule has 0 fully saturated rings. The summed E-state index contributed by atoms with van der Waals surface area (Å²) in [6.45, 7) is 0.205. The van der Waals surface area contributed by atoms with E-state index < -0.39 is 23.7 Å². The molecule has 1 heterocycles. The highest BCUT2D eigenvalue weighted by Gasteiger charge is 2.44. The zero-order chi connectivity index (χ0) is 20.5. The predicted molar refractivity (Wildman–Crippen MR) is 107 cm³/mol. The molecule has 29 heavy (non-hydrogen) atoms. The second-order valence-corrected chi connectivity index (χ2v) is 7.40. The van der Waals surface area contributed by atoms with Gasteiger partial charge in [-0.2, -0.15) is 0 Å². The number of carbonyl (C=O) groups excluding carboxylic acids is 1. The second-order valence-electron chi connectivity index (χ2n) is 6.96. The lowest BCUT2D eigenvalue weighted by molar-refractivity contribution is -0.140. The maximum atomic E-state index is 13.5. The predicted octanol–water partition coefficient (Wildman–Crippen LogP) is 5.04. The van der Waals surface area contributed by atoms with Gasteiger partial charge in [0.15, 0.2) is 0 Å². The molecular formula is C23H17ClFNO3. The Balaban J connectivity index is 1.87. The van der Waals surface area contributed by atoms with E-state index in [2.05, 4.69) is 0 Å². The SMILES string of the molecule is O=C(O)C1c2ccccc2C(=O)N(Cc2ccc(Cl)cc2)C1c1ccc(F)cc1. The standard InChI is InChI=1S/C23H17ClFNO3/c24-16-9-5-14(6-10-16)13-26-21(15-7-11-17(25)12-8-15)20(23(28)29)18-3-1-2-4-19(18)22(26)27/h1-12,20-21H,13H2,(H,28,29). The Morgan fingerprint density at radius 3 is 2.31 bits per heavy atom. The van der Waals surface area contributed by atoms with E-state index in [-0.39, 0.29) is 12.5 Å². The molecule has 0 saturated heterocycles. The van der Waals surface area contributed by atoms with Crippen LogP contribution in [0.4, 0.5) is 4.39 Å². The summed E-state index contributed by atoms with van der Waals surface area (Å²) in [5.41, 5.74) is 2.22. The first-order chi connectivity index (χ1) is 14.0. The number of nitrogens with zero attached hydrogens (tertiary/aromatic N) is 1. The number of rotatable bonds is 4. The Hall–Kier alpha value is -3.18. The molecule has 0 aromatic heterocycles. The first-order valence-electron chi connectivity index (χ1n) is 9.08. The minimum Gasteiger partial charge on any atom is -0.481 e. The van der Waals surface area contributed by atoms with E-state index >= 15 is 0 Å². The number of hydrogen-bond acceptors (Lipinski definition) is 2. The van der Waals surface area contributed by atoms with E-state index in [1.54, 1.807) is 48.5 Å². The van der Waals surface area contributed by atoms with Gasteiger partial charge in [-0.1, -0.05) is 54.1 Å². The number of carbonyl (C=O) groups is 2. The Morgan fingerprint density at radius 2 is 1.66 bits per heavy atom. The normalized spacial score (nSPS) is 18.4. The van der Waals surface area contributed by atoms with E-state index in [4.69, 9.17) is 11.6 Å². The van der Waals surface area contributed by atoms with Gasteiger partial charge in [0.2, 0.25) is 0 Å². The molecule has 0 bridgehead atoms. The van der Waals surface area contributed by atoms with E-state index in [0.29, 0.717) is 21.7 Å². The van der Waals surface area contributed by atoms with Crippen LogP contribution in [0, 0.1) is 5.82 Å². The zero-order valence-corrected chi connectivity index (χ0v) is 16.0. The van der Waals surface area contributed by atoms with Gasteiger partial charge in [0.25, 0.3) is 5.91 Å². The monoisotopic (exact) mass is 409 g/mol. The molecule has 0 spiro atoms. The Bertz CT molecular complexity index is 1070. The molecule has 0 aliphatic carbocycles. The van der Waals surface area contributed by atoms with Crippen LogP contribution in [0.1, 0.15) is 39.0 Å². The molecule has 1 amide bonds. The largest absolute Gasteiger partial charge is 0.481 e. The first-order valence-corrected chi connectivity index (χ1v) is 9.46. The van der Waals surface area contributed by atoms with Crippen molar-refractivity contribution in [1.29, 1.82) is 0 Å². The van der Waals surface area contributed by atoms with Crippen LogP contribution in [0.5, 0.6) is 0 Å². The Labute approximate surface area is 172 Å². The van der Waals surface area contributed by atoms with Gasteiger partial charge in [0.05, 0.1) is 6.04 Å². The van der Waals surface area contributed by atoms with Gasteiger partial charge in [0.1, 0.15) is 11.7 Å². The maximum absolute atomic E-state index is 13.5. The molecule has 4 rings (SSSR count). The van der Waals surface area contributed by atoms with Crippen LogP contribution in [0.25, 0.3) is 0 Å². The summed E-state index contributed by atoms with van der Waals surface area (Å²) in [5, 5.41) is 10.6. The van der Waals surface area contributed by atoms with Crippen molar-refractivity contribution in [2.75, 3.05) is 0 Å². The fourth-order valence-electron chi connectivity index (χ4n) is 3.85. The van der Waals surface area contributed by atoms with Crippen molar-refractivity contribution in [3.05, 3.63) is 106 Å². The molecule has 1 N–H and O–H groups in total. The van der Waals surface area contributed by atoms with Gasteiger partial charge in [-0.15, -0.1) is 0 Å². The Morgan fingerprint density at radius 1 is 1.00 bits per heavy atom. The maximum Gasteiger partial charge on any atom is 0.313 e. The molecule has 6 heteroatoms. The van der Waals surface area contributed by atoms with Gasteiger partial charge in [-0.25, -0.2) is 4.39 Å². The summed E-state index contributed by atoms with van der Waals surface area (Å²) >= 11 is 5.96. The van der Waals surface area contributed by atoms with Gasteiger partial charge >= 0.3 is 5.97 Å². The van der Waals surface area contributed by atoms with Crippen molar-refractivity contribution in [2.24, 2.45) is 0 Å². The van der Waals surface area contributed by atoms with Gasteiger partial charge < -0.3 is 10.0 Å². The highest BCUT2D eigenvalue weighted by atomic mass is 35.5. The fourth-order valence-corrected chi connectivity index (χ4v) is 3.98. The molecule has 4 nitrogen and oxygen atoms in total. The number of benzene rings is 3. The molecule has 146 valence electrons. The van der Waals surface area contributed by atoms with Crippen molar-refractivity contribution >= 4 is 23.5 Å². The van der Waals surface area contributed by atoms with Crippen molar-refractivity contribution in [3.63, 3.8) is 0 Å². The number of amides is 1. The van der Waals surface area contributed by atoms with E-state index in [1.807, 2.05) is 0 Å². The van der Waals surface area contributed by atoms with E-state index in [9.17, 15) is 19.1 Å². The summed E-state index contributed by atoms with van der Waals surface area (Å²) in [7, 11) is 0. The number of carboxylic acid groups (broad SMARTS) is 1. The third-order valence-electron chi connectivity index (χ3n) is 5.18. The highest BCUT2D eigenvalue weighted by Crippen LogP contribution is 2.43. The lowest BCUT2D eigenvalue weighted by Crippen LogP contribution is -2.44. The quantitative estimate of drug-likeness (QED) is 0.656. The number of aliphatic carboxylic acids is 1. The van der Waals surface area contributed by atoms with E-state index in [1.165, 1.54) is 29.2 Å². The van der Waals surface area contributed by atoms with Crippen LogP contribution in [0.3, 0.4) is 0 Å². The summed E-state index contributed by atoms with van der Waals surface area (Å²) in [6.07, 6.45) is 0. The molecule has 0 radical (unpaired) electrons. The molecule has 1 aliphatic heterocycles. The summed E-state index contributed by atoms with van der Waals surface area (Å²) in [4.78, 5) is 27.2. The van der Waals surface area contributed by atoms with E-state index in [0.717, 1.165) is 5.56 Å². The molecule has 1 aliphatic rings. The van der Waals surface area contributed by atoms with Crippen molar-refractivity contribution < 1.29 is 19.1 Å². The highest BCUT2D eigenvalue weighted by molar-refractivity contribution is 6.30. The van der Waals surface area contributed by atoms with Gasteiger partial charge in [-0.3, -0.25) is 9.59 Å². The van der Waals surface area contributed by atoms with Crippen LogP contribution in [0.2, 0.25) is 5.02 Å². The molecule has 3 aromatic carbocycles. The van der Waals surface area contributed by atoms with Crippen molar-refractivity contribution in [3.8, 4) is 0 Å². The molecule has 2 atom stereocenters. The summed E-state index contributed by atoms with van der Waals surface area (Å²) < 4.78 is 13.5. The summed E-state index contributed by atoms with van der Waals surface area (Å²) in [6, 6.07) is 18.6. The summed E-state index contributed by atoms with van der Waals surface area (Å²) in [5.74, 6) is -2.70. The Kier molecular flexibility index (Phi) is 5.07. The average Bonchev–Trinajstić information content (AvgIpc) is 2.72. The van der Waals surface area contributed by atoms with Crippen LogP contribution >= 0.6 is 11.6 Å². The second kappa shape index (κ2) is 7.68. The van der Waals surface area contributed by atoms with Gasteiger partial charge in [0, 0.05) is 17.1 Å². The van der Waals surface area contributed by atoms with Crippen molar-refractivity contribution in [2.45, 2.75) is 18.5 Å². The number of carboxylic acids is 1. The third kappa shape index (κ3) is 3.61. The lowest BCUT2D eigenvalue weighted by Gasteiger charge is -2.41. The van der Waals surface area contributed by atoms with Crippen LogP contribution in [-0.2, 0) is 11.3 Å². The number of halogens is 2. The third-order valence-corrected chi connectivity index (χ3v) is 5.43. The minimum absolute atomic E-state index is 0.205. The molecule has 0 saturated carbocycles. The molecular weight excluding hydrogens is 393 g/mol. The minimum atomic E-state index is -1.04. The van der Waals surface area contributed by atoms with Crippen LogP contribution < -0.4 is 0 Å². The lowest BCUT2D eigenvalue weighted by atomic mass is 9.79. The number of hydrogen-bond donors (Lipinski definition) is 1. The first kappa shape index (κ1) is 19.2. The van der Waals surface area contributed by atoms with Crippen molar-refractivity contribution in [1.82, 2.24) is 4.90 Å². The fraction of sp³-hybridized carbons (Fsp3) is 0.130. The zero-order valence-electron chi connectivity index (χ0n) is 15.3. The molecule has 2 unspecified atom stereocenters. The van der Waals surface area contributed by atoms with Gasteiger partial charge in [-0.05, 0) is 47.0 Å². The topological polar surface area (TPSA) is 57.6 Å². The number of fused-ring (bicyclic) bond motifs is 1. The van der Waals surface area contributed by atoms with Crippen LogP contribution in [-0.4, -0.2) is 21.9 Å². The molecule has 3 aromatic rings. The smallest absolute Gasteiger partial charge is 0.313 e. The average molecular weight is 410 g/mol. The van der Waals surface area contributed by atoms with Crippen LogP contribution in [0.15, 0.2) is 72.8 Å².